The molecule has 26 heavy (non-hydrogen) atoms. The molecular weight excluding hydrogens is 312 g/mol. The molecule has 0 unspecified atom stereocenters. The molecule has 0 aliphatic carbocycles. The second kappa shape index (κ2) is 12.0. The lowest BCUT2D eigenvalue weighted by atomic mass is 10.1. The standard InChI is InChI=1S/C26H30/c1-3-5-7-8-9-10-12-24-15-19-26(20-16-24)22-21-25-17-13-23(14-18-25)11-6-4-2/h13-20H,3-9,11H2,1-2H3. The Hall–Kier alpha value is -2.44. The molecule has 0 atom stereocenters. The second-order valence-electron chi connectivity index (χ2n) is 6.74. The molecule has 2 aromatic carbocycles. The molecule has 134 valence electrons. The summed E-state index contributed by atoms with van der Waals surface area (Å²) in [5.41, 5.74) is 4.58. The molecule has 0 bridgehead atoms. The summed E-state index contributed by atoms with van der Waals surface area (Å²) in [6.45, 7) is 4.46. The van der Waals surface area contributed by atoms with Gasteiger partial charge in [0.15, 0.2) is 0 Å². The highest BCUT2D eigenvalue weighted by atomic mass is 14.0. The Bertz CT molecular complexity index is 755. The molecule has 0 saturated heterocycles. The van der Waals surface area contributed by atoms with E-state index in [2.05, 4.69) is 86.1 Å². The summed E-state index contributed by atoms with van der Waals surface area (Å²) in [4.78, 5) is 0. The van der Waals surface area contributed by atoms with Gasteiger partial charge in [-0.3, -0.25) is 0 Å². The first-order valence-corrected chi connectivity index (χ1v) is 10.0. The minimum Gasteiger partial charge on any atom is -0.0979 e. The zero-order chi connectivity index (χ0) is 18.5. The number of aryl methyl sites for hydroxylation is 1. The van der Waals surface area contributed by atoms with Crippen molar-refractivity contribution in [1.29, 1.82) is 0 Å². The van der Waals surface area contributed by atoms with Crippen LogP contribution in [-0.2, 0) is 6.42 Å². The fraction of sp³-hybridized carbons (Fsp3) is 0.385. The van der Waals surface area contributed by atoms with Gasteiger partial charge in [0, 0.05) is 23.1 Å². The Balaban J connectivity index is 1.87. The van der Waals surface area contributed by atoms with Crippen molar-refractivity contribution in [2.75, 3.05) is 0 Å². The van der Waals surface area contributed by atoms with Gasteiger partial charge in [-0.2, -0.15) is 0 Å². The van der Waals surface area contributed by atoms with Crippen LogP contribution < -0.4 is 0 Å². The Kier molecular flexibility index (Phi) is 9.18. The van der Waals surface area contributed by atoms with E-state index in [1.54, 1.807) is 0 Å². The van der Waals surface area contributed by atoms with E-state index in [4.69, 9.17) is 0 Å². The molecule has 0 N–H and O–H groups in total. The molecule has 0 aliphatic heterocycles. The van der Waals surface area contributed by atoms with Gasteiger partial charge in [0.25, 0.3) is 0 Å². The summed E-state index contributed by atoms with van der Waals surface area (Å²) >= 11 is 0. The predicted octanol–water partition coefficient (Wildman–Crippen LogP) is 6.75. The minimum absolute atomic E-state index is 0.996. The molecule has 0 fully saturated rings. The molecule has 0 nitrogen and oxygen atoms in total. The first-order chi connectivity index (χ1) is 12.8. The Morgan fingerprint density at radius 1 is 0.577 bits per heavy atom. The maximum atomic E-state index is 3.27. The molecule has 0 saturated carbocycles. The largest absolute Gasteiger partial charge is 0.0979 e. The van der Waals surface area contributed by atoms with E-state index in [-0.39, 0.29) is 0 Å². The third kappa shape index (κ3) is 7.63. The summed E-state index contributed by atoms with van der Waals surface area (Å²) in [5, 5.41) is 0. The zero-order valence-corrected chi connectivity index (χ0v) is 16.3. The third-order valence-corrected chi connectivity index (χ3v) is 4.40. The van der Waals surface area contributed by atoms with Crippen LogP contribution in [0.1, 0.15) is 81.0 Å². The van der Waals surface area contributed by atoms with Gasteiger partial charge in [-0.15, -0.1) is 0 Å². The summed E-state index contributed by atoms with van der Waals surface area (Å²) in [6.07, 6.45) is 9.73. The maximum Gasteiger partial charge on any atom is 0.0249 e. The summed E-state index contributed by atoms with van der Waals surface area (Å²) < 4.78 is 0. The van der Waals surface area contributed by atoms with Gasteiger partial charge in [-0.1, -0.05) is 75.3 Å². The van der Waals surface area contributed by atoms with Crippen molar-refractivity contribution in [1.82, 2.24) is 0 Å². The average Bonchev–Trinajstić information content (AvgIpc) is 2.69. The SMILES string of the molecule is CCCCCCC#Cc1ccc(C#Cc2ccc(CCCC)cc2)cc1. The van der Waals surface area contributed by atoms with Crippen LogP contribution in [0, 0.1) is 23.7 Å². The van der Waals surface area contributed by atoms with E-state index in [9.17, 15) is 0 Å². The molecule has 0 spiro atoms. The first kappa shape index (κ1) is 19.9. The quantitative estimate of drug-likeness (QED) is 0.385. The third-order valence-electron chi connectivity index (χ3n) is 4.40. The zero-order valence-electron chi connectivity index (χ0n) is 16.3. The Morgan fingerprint density at radius 3 is 1.69 bits per heavy atom. The van der Waals surface area contributed by atoms with Crippen LogP contribution in [0.5, 0.6) is 0 Å². The first-order valence-electron chi connectivity index (χ1n) is 10.0. The minimum atomic E-state index is 0.996. The highest BCUT2D eigenvalue weighted by Gasteiger charge is 1.93. The van der Waals surface area contributed by atoms with Gasteiger partial charge in [0.1, 0.15) is 0 Å². The van der Waals surface area contributed by atoms with Gasteiger partial charge >= 0.3 is 0 Å². The van der Waals surface area contributed by atoms with Crippen molar-refractivity contribution in [2.24, 2.45) is 0 Å². The van der Waals surface area contributed by atoms with Crippen molar-refractivity contribution < 1.29 is 0 Å². The number of benzene rings is 2. The predicted molar refractivity (Wildman–Crippen MR) is 113 cm³/mol. The number of hydrogen-bond acceptors (Lipinski definition) is 0. The normalized spacial score (nSPS) is 9.77. The van der Waals surface area contributed by atoms with Crippen molar-refractivity contribution in [3.63, 3.8) is 0 Å². The second-order valence-corrected chi connectivity index (χ2v) is 6.74. The summed E-state index contributed by atoms with van der Waals surface area (Å²) in [5.74, 6) is 13.0. The lowest BCUT2D eigenvalue weighted by Crippen LogP contribution is -1.84. The molecule has 0 aromatic heterocycles. The molecular formula is C26H30. The van der Waals surface area contributed by atoms with Gasteiger partial charge in [-0.05, 0) is 61.2 Å². The van der Waals surface area contributed by atoms with Crippen molar-refractivity contribution in [2.45, 2.75) is 65.2 Å². The highest BCUT2D eigenvalue weighted by molar-refractivity contribution is 5.46. The molecule has 0 aliphatic rings. The van der Waals surface area contributed by atoms with Crippen LogP contribution in [0.3, 0.4) is 0 Å². The topological polar surface area (TPSA) is 0 Å². The van der Waals surface area contributed by atoms with Gasteiger partial charge < -0.3 is 0 Å². The number of unbranched alkanes of at least 4 members (excludes halogenated alkanes) is 5. The van der Waals surface area contributed by atoms with Gasteiger partial charge in [-0.25, -0.2) is 0 Å². The number of rotatable bonds is 7. The van der Waals surface area contributed by atoms with Crippen LogP contribution in [-0.4, -0.2) is 0 Å². The van der Waals surface area contributed by atoms with E-state index in [0.717, 1.165) is 29.5 Å². The van der Waals surface area contributed by atoms with Crippen molar-refractivity contribution in [3.05, 3.63) is 70.8 Å². The number of hydrogen-bond donors (Lipinski definition) is 0. The maximum absolute atomic E-state index is 3.27. The van der Waals surface area contributed by atoms with Crippen LogP contribution in [0.2, 0.25) is 0 Å². The Labute approximate surface area is 160 Å². The van der Waals surface area contributed by atoms with E-state index >= 15 is 0 Å². The van der Waals surface area contributed by atoms with E-state index in [1.165, 1.54) is 44.1 Å². The van der Waals surface area contributed by atoms with Gasteiger partial charge in [0.05, 0.1) is 0 Å². The summed E-state index contributed by atoms with van der Waals surface area (Å²) in [7, 11) is 0. The van der Waals surface area contributed by atoms with Crippen LogP contribution in [0.4, 0.5) is 0 Å². The lowest BCUT2D eigenvalue weighted by Gasteiger charge is -1.99. The van der Waals surface area contributed by atoms with Crippen LogP contribution >= 0.6 is 0 Å². The van der Waals surface area contributed by atoms with Gasteiger partial charge in [0.2, 0.25) is 0 Å². The van der Waals surface area contributed by atoms with E-state index in [1.807, 2.05) is 0 Å². The van der Waals surface area contributed by atoms with Crippen molar-refractivity contribution in [3.8, 4) is 23.7 Å². The molecule has 0 radical (unpaired) electrons. The fourth-order valence-electron chi connectivity index (χ4n) is 2.72. The smallest absolute Gasteiger partial charge is 0.0249 e. The average molecular weight is 343 g/mol. The fourth-order valence-corrected chi connectivity index (χ4v) is 2.72. The monoisotopic (exact) mass is 342 g/mol. The van der Waals surface area contributed by atoms with E-state index in [0.29, 0.717) is 0 Å². The highest BCUT2D eigenvalue weighted by Crippen LogP contribution is 2.08. The van der Waals surface area contributed by atoms with Crippen LogP contribution in [0.25, 0.3) is 0 Å². The summed E-state index contributed by atoms with van der Waals surface area (Å²) in [6, 6.07) is 16.9. The van der Waals surface area contributed by atoms with Crippen LogP contribution in [0.15, 0.2) is 48.5 Å². The molecule has 2 aromatic rings. The molecule has 0 heteroatoms. The molecule has 2 rings (SSSR count). The van der Waals surface area contributed by atoms with E-state index < -0.39 is 0 Å². The molecule has 0 amide bonds. The molecule has 0 heterocycles. The Morgan fingerprint density at radius 2 is 1.12 bits per heavy atom. The lowest BCUT2D eigenvalue weighted by molar-refractivity contribution is 0.679. The van der Waals surface area contributed by atoms with Crippen molar-refractivity contribution >= 4 is 0 Å².